The molecule has 0 radical (unpaired) electrons. The SMILES string of the molecule is CC1(CCCN)COC(=O)N1C1CCC1. The smallest absolute Gasteiger partial charge is 0.410 e. The molecule has 1 aliphatic carbocycles. The number of rotatable bonds is 4. The van der Waals surface area contributed by atoms with Gasteiger partial charge in [-0.15, -0.1) is 0 Å². The molecule has 1 amide bonds. The van der Waals surface area contributed by atoms with Crippen molar-refractivity contribution in [1.82, 2.24) is 4.90 Å². The molecule has 1 heterocycles. The Hall–Kier alpha value is -0.770. The van der Waals surface area contributed by atoms with Crippen LogP contribution in [-0.4, -0.2) is 35.7 Å². The maximum absolute atomic E-state index is 11.7. The fourth-order valence-electron chi connectivity index (χ4n) is 2.49. The zero-order valence-corrected chi connectivity index (χ0v) is 9.37. The van der Waals surface area contributed by atoms with Crippen LogP contribution in [0.4, 0.5) is 4.79 Å². The van der Waals surface area contributed by atoms with Gasteiger partial charge in [0.05, 0.1) is 5.54 Å². The molecule has 2 fully saturated rings. The second-order valence-corrected chi connectivity index (χ2v) is 4.90. The van der Waals surface area contributed by atoms with Gasteiger partial charge < -0.3 is 10.5 Å². The van der Waals surface area contributed by atoms with Crippen molar-refractivity contribution in [2.24, 2.45) is 5.73 Å². The van der Waals surface area contributed by atoms with Gasteiger partial charge in [-0.25, -0.2) is 4.79 Å². The first-order chi connectivity index (χ1) is 7.17. The van der Waals surface area contributed by atoms with Gasteiger partial charge in [0, 0.05) is 6.04 Å². The van der Waals surface area contributed by atoms with E-state index in [1.807, 2.05) is 4.90 Å². The Morgan fingerprint density at radius 2 is 2.33 bits per heavy atom. The van der Waals surface area contributed by atoms with Crippen molar-refractivity contribution in [3.8, 4) is 0 Å². The van der Waals surface area contributed by atoms with Crippen LogP contribution in [0.1, 0.15) is 39.0 Å². The average Bonchev–Trinajstić information content (AvgIpc) is 2.42. The summed E-state index contributed by atoms with van der Waals surface area (Å²) in [6.07, 6.45) is 5.28. The highest BCUT2D eigenvalue weighted by atomic mass is 16.6. The summed E-state index contributed by atoms with van der Waals surface area (Å²) >= 11 is 0. The van der Waals surface area contributed by atoms with Crippen molar-refractivity contribution in [3.05, 3.63) is 0 Å². The molecule has 4 heteroatoms. The highest BCUT2D eigenvalue weighted by Crippen LogP contribution is 2.37. The van der Waals surface area contributed by atoms with Crippen LogP contribution in [0, 0.1) is 0 Å². The first-order valence-corrected chi connectivity index (χ1v) is 5.83. The molecule has 0 aromatic carbocycles. The zero-order valence-electron chi connectivity index (χ0n) is 9.37. The molecule has 86 valence electrons. The number of hydrogen-bond donors (Lipinski definition) is 1. The third-order valence-corrected chi connectivity index (χ3v) is 3.64. The van der Waals surface area contributed by atoms with Gasteiger partial charge in [-0.05, 0) is 45.6 Å². The largest absolute Gasteiger partial charge is 0.447 e. The summed E-state index contributed by atoms with van der Waals surface area (Å²) in [6.45, 7) is 3.33. The van der Waals surface area contributed by atoms with Crippen molar-refractivity contribution in [2.75, 3.05) is 13.2 Å². The molecule has 1 aliphatic heterocycles. The summed E-state index contributed by atoms with van der Waals surface area (Å²) in [5, 5.41) is 0. The number of amides is 1. The monoisotopic (exact) mass is 212 g/mol. The molecule has 2 N–H and O–H groups in total. The molecule has 2 rings (SSSR count). The van der Waals surface area contributed by atoms with Crippen LogP contribution in [0.2, 0.25) is 0 Å². The van der Waals surface area contributed by atoms with Gasteiger partial charge >= 0.3 is 6.09 Å². The van der Waals surface area contributed by atoms with E-state index in [9.17, 15) is 4.79 Å². The van der Waals surface area contributed by atoms with E-state index in [1.54, 1.807) is 0 Å². The van der Waals surface area contributed by atoms with Gasteiger partial charge in [-0.3, -0.25) is 4.90 Å². The van der Waals surface area contributed by atoms with E-state index in [0.717, 1.165) is 25.7 Å². The molecule has 4 nitrogen and oxygen atoms in total. The number of ether oxygens (including phenoxy) is 1. The van der Waals surface area contributed by atoms with Crippen LogP contribution in [0.25, 0.3) is 0 Å². The Kier molecular flexibility index (Phi) is 2.87. The van der Waals surface area contributed by atoms with Crippen molar-refractivity contribution in [2.45, 2.75) is 50.6 Å². The van der Waals surface area contributed by atoms with Crippen molar-refractivity contribution in [1.29, 1.82) is 0 Å². The molecule has 1 saturated heterocycles. The normalized spacial score (nSPS) is 31.6. The van der Waals surface area contributed by atoms with Crippen LogP contribution >= 0.6 is 0 Å². The predicted octanol–water partition coefficient (Wildman–Crippen LogP) is 1.49. The molecular weight excluding hydrogens is 192 g/mol. The van der Waals surface area contributed by atoms with Crippen LogP contribution in [0.5, 0.6) is 0 Å². The molecule has 0 bridgehead atoms. The zero-order chi connectivity index (χ0) is 10.9. The van der Waals surface area contributed by atoms with E-state index in [2.05, 4.69) is 6.92 Å². The van der Waals surface area contributed by atoms with E-state index in [1.165, 1.54) is 6.42 Å². The molecule has 1 atom stereocenters. The van der Waals surface area contributed by atoms with Gasteiger partial charge in [0.15, 0.2) is 0 Å². The number of cyclic esters (lactones) is 1. The number of carbonyl (C=O) groups is 1. The van der Waals surface area contributed by atoms with Crippen molar-refractivity contribution >= 4 is 6.09 Å². The van der Waals surface area contributed by atoms with E-state index in [0.29, 0.717) is 19.2 Å². The van der Waals surface area contributed by atoms with E-state index in [-0.39, 0.29) is 11.6 Å². The topological polar surface area (TPSA) is 55.6 Å². The summed E-state index contributed by atoms with van der Waals surface area (Å²) in [5.41, 5.74) is 5.41. The highest BCUT2D eigenvalue weighted by molar-refractivity contribution is 5.71. The lowest BCUT2D eigenvalue weighted by atomic mass is 9.86. The number of nitrogens with two attached hydrogens (primary N) is 1. The molecule has 0 aromatic rings. The number of carbonyl (C=O) groups excluding carboxylic acids is 1. The van der Waals surface area contributed by atoms with E-state index < -0.39 is 0 Å². The lowest BCUT2D eigenvalue weighted by molar-refractivity contribution is 0.0801. The minimum Gasteiger partial charge on any atom is -0.447 e. The van der Waals surface area contributed by atoms with Crippen molar-refractivity contribution in [3.63, 3.8) is 0 Å². The number of hydrogen-bond acceptors (Lipinski definition) is 3. The molecule has 15 heavy (non-hydrogen) atoms. The first kappa shape index (κ1) is 10.7. The minimum atomic E-state index is -0.126. The Morgan fingerprint density at radius 1 is 1.60 bits per heavy atom. The summed E-state index contributed by atoms with van der Waals surface area (Å²) in [5.74, 6) is 0. The standard InChI is InChI=1S/C11H20N2O2/c1-11(6-3-7-12)8-15-10(14)13(11)9-4-2-5-9/h9H,2-8,12H2,1H3. The van der Waals surface area contributed by atoms with Crippen LogP contribution in [0.3, 0.4) is 0 Å². The number of nitrogens with zero attached hydrogens (tertiary/aromatic N) is 1. The molecule has 1 saturated carbocycles. The molecule has 1 unspecified atom stereocenters. The fourth-order valence-corrected chi connectivity index (χ4v) is 2.49. The second kappa shape index (κ2) is 4.00. The maximum Gasteiger partial charge on any atom is 0.410 e. The highest BCUT2D eigenvalue weighted by Gasteiger charge is 2.47. The Bertz CT molecular complexity index is 253. The van der Waals surface area contributed by atoms with Gasteiger partial charge in [0.2, 0.25) is 0 Å². The predicted molar refractivity (Wildman–Crippen MR) is 57.5 cm³/mol. The molecule has 0 spiro atoms. The summed E-state index contributed by atoms with van der Waals surface area (Å²) in [7, 11) is 0. The van der Waals surface area contributed by atoms with E-state index >= 15 is 0 Å². The van der Waals surface area contributed by atoms with Gasteiger partial charge in [0.1, 0.15) is 6.61 Å². The lowest BCUT2D eigenvalue weighted by Gasteiger charge is -2.42. The Balaban J connectivity index is 2.04. The van der Waals surface area contributed by atoms with E-state index in [4.69, 9.17) is 10.5 Å². The maximum atomic E-state index is 11.7. The van der Waals surface area contributed by atoms with Crippen LogP contribution in [-0.2, 0) is 4.74 Å². The third kappa shape index (κ3) is 1.83. The van der Waals surface area contributed by atoms with Gasteiger partial charge in [-0.1, -0.05) is 0 Å². The summed E-state index contributed by atoms with van der Waals surface area (Å²) in [4.78, 5) is 13.6. The van der Waals surface area contributed by atoms with Gasteiger partial charge in [-0.2, -0.15) is 0 Å². The van der Waals surface area contributed by atoms with Crippen LogP contribution in [0.15, 0.2) is 0 Å². The second-order valence-electron chi connectivity index (χ2n) is 4.90. The Labute approximate surface area is 90.8 Å². The molecule has 2 aliphatic rings. The first-order valence-electron chi connectivity index (χ1n) is 5.83. The molecule has 0 aromatic heterocycles. The van der Waals surface area contributed by atoms with Crippen molar-refractivity contribution < 1.29 is 9.53 Å². The summed E-state index contributed by atoms with van der Waals surface area (Å²) < 4.78 is 5.18. The van der Waals surface area contributed by atoms with Gasteiger partial charge in [0.25, 0.3) is 0 Å². The fraction of sp³-hybridized carbons (Fsp3) is 0.909. The summed E-state index contributed by atoms with van der Waals surface area (Å²) in [6, 6.07) is 0.419. The Morgan fingerprint density at radius 3 is 2.87 bits per heavy atom. The quantitative estimate of drug-likeness (QED) is 0.768. The third-order valence-electron chi connectivity index (χ3n) is 3.64. The average molecular weight is 212 g/mol. The minimum absolute atomic E-state index is 0.110. The van der Waals surface area contributed by atoms with Crippen LogP contribution < -0.4 is 5.73 Å². The molecular formula is C11H20N2O2. The lowest BCUT2D eigenvalue weighted by Crippen LogP contribution is -2.53.